The van der Waals surface area contributed by atoms with Gasteiger partial charge in [0.15, 0.2) is 0 Å². The molecule has 0 radical (unpaired) electrons. The Bertz CT molecular complexity index is 361. The molecule has 0 aliphatic heterocycles. The fourth-order valence-corrected chi connectivity index (χ4v) is 2.27. The first-order valence-corrected chi connectivity index (χ1v) is 5.79. The van der Waals surface area contributed by atoms with Crippen LogP contribution in [0.2, 0.25) is 0 Å². The summed E-state index contributed by atoms with van der Waals surface area (Å²) in [6, 6.07) is 8.09. The zero-order valence-electron chi connectivity index (χ0n) is 9.65. The first-order valence-electron chi connectivity index (χ1n) is 5.79. The first kappa shape index (κ1) is 11.4. The van der Waals surface area contributed by atoms with E-state index in [1.54, 1.807) is 0 Å². The standard InChI is InChI=1S/C13H19NO2/c1-2-16-11-5-3-4-10(6-11)12-7-13(12,8-14)9-15/h3-6,12,15H,2,7-9,14H2,1H3. The van der Waals surface area contributed by atoms with Gasteiger partial charge in [0, 0.05) is 12.0 Å². The number of hydrogen-bond donors (Lipinski definition) is 2. The summed E-state index contributed by atoms with van der Waals surface area (Å²) in [5.74, 6) is 1.29. The summed E-state index contributed by atoms with van der Waals surface area (Å²) < 4.78 is 5.47. The molecule has 16 heavy (non-hydrogen) atoms. The Morgan fingerprint density at radius 2 is 2.38 bits per heavy atom. The van der Waals surface area contributed by atoms with Crippen molar-refractivity contribution in [3.63, 3.8) is 0 Å². The van der Waals surface area contributed by atoms with Crippen molar-refractivity contribution >= 4 is 0 Å². The summed E-state index contributed by atoms with van der Waals surface area (Å²) in [5, 5.41) is 9.35. The van der Waals surface area contributed by atoms with Crippen molar-refractivity contribution in [1.29, 1.82) is 0 Å². The predicted octanol–water partition coefficient (Wildman–Crippen LogP) is 1.51. The van der Waals surface area contributed by atoms with E-state index in [0.717, 1.165) is 12.2 Å². The van der Waals surface area contributed by atoms with Crippen molar-refractivity contribution in [2.45, 2.75) is 19.3 Å². The predicted molar refractivity (Wildman–Crippen MR) is 63.5 cm³/mol. The quantitative estimate of drug-likeness (QED) is 0.792. The number of aliphatic hydroxyl groups is 1. The van der Waals surface area contributed by atoms with Crippen LogP contribution in [-0.4, -0.2) is 24.9 Å². The Labute approximate surface area is 96.2 Å². The Kier molecular flexibility index (Phi) is 3.17. The van der Waals surface area contributed by atoms with Crippen LogP contribution in [0.4, 0.5) is 0 Å². The molecular formula is C13H19NO2. The SMILES string of the molecule is CCOc1cccc(C2CC2(CN)CO)c1. The van der Waals surface area contributed by atoms with Crippen LogP contribution in [0.25, 0.3) is 0 Å². The molecule has 2 atom stereocenters. The summed E-state index contributed by atoms with van der Waals surface area (Å²) in [6.45, 7) is 3.37. The minimum atomic E-state index is -0.0785. The van der Waals surface area contributed by atoms with E-state index in [-0.39, 0.29) is 12.0 Å². The van der Waals surface area contributed by atoms with E-state index in [1.165, 1.54) is 5.56 Å². The monoisotopic (exact) mass is 221 g/mol. The molecule has 1 saturated carbocycles. The Balaban J connectivity index is 2.14. The Morgan fingerprint density at radius 1 is 1.56 bits per heavy atom. The lowest BCUT2D eigenvalue weighted by atomic mass is 10.00. The van der Waals surface area contributed by atoms with Crippen molar-refractivity contribution in [2.75, 3.05) is 19.8 Å². The van der Waals surface area contributed by atoms with Crippen LogP contribution in [0, 0.1) is 5.41 Å². The van der Waals surface area contributed by atoms with Gasteiger partial charge in [-0.2, -0.15) is 0 Å². The van der Waals surface area contributed by atoms with E-state index >= 15 is 0 Å². The van der Waals surface area contributed by atoms with Gasteiger partial charge < -0.3 is 15.6 Å². The molecule has 1 aromatic carbocycles. The van der Waals surface area contributed by atoms with Crippen LogP contribution in [0.3, 0.4) is 0 Å². The molecule has 2 rings (SSSR count). The highest BCUT2D eigenvalue weighted by Crippen LogP contribution is 2.58. The van der Waals surface area contributed by atoms with Crippen LogP contribution < -0.4 is 10.5 Å². The molecule has 0 spiro atoms. The summed E-state index contributed by atoms with van der Waals surface area (Å²) in [4.78, 5) is 0. The molecule has 0 bridgehead atoms. The molecule has 0 heterocycles. The molecule has 1 fully saturated rings. The number of ether oxygens (including phenoxy) is 1. The summed E-state index contributed by atoms with van der Waals surface area (Å²) in [6.07, 6.45) is 0.982. The molecule has 1 aliphatic rings. The summed E-state index contributed by atoms with van der Waals surface area (Å²) >= 11 is 0. The van der Waals surface area contributed by atoms with E-state index in [4.69, 9.17) is 10.5 Å². The fourth-order valence-electron chi connectivity index (χ4n) is 2.27. The molecule has 3 heteroatoms. The highest BCUT2D eigenvalue weighted by atomic mass is 16.5. The second-order valence-electron chi connectivity index (χ2n) is 4.49. The lowest BCUT2D eigenvalue weighted by Gasteiger charge is -2.12. The van der Waals surface area contributed by atoms with Gasteiger partial charge >= 0.3 is 0 Å². The number of rotatable bonds is 5. The molecule has 1 aromatic rings. The molecule has 88 valence electrons. The van der Waals surface area contributed by atoms with E-state index in [0.29, 0.717) is 19.1 Å². The van der Waals surface area contributed by atoms with Crippen LogP contribution in [0.15, 0.2) is 24.3 Å². The van der Waals surface area contributed by atoms with Gasteiger partial charge in [-0.3, -0.25) is 0 Å². The van der Waals surface area contributed by atoms with E-state index in [1.807, 2.05) is 19.1 Å². The van der Waals surface area contributed by atoms with Crippen molar-refractivity contribution in [1.82, 2.24) is 0 Å². The number of nitrogens with two attached hydrogens (primary N) is 1. The van der Waals surface area contributed by atoms with E-state index in [9.17, 15) is 5.11 Å². The maximum absolute atomic E-state index is 9.35. The molecule has 0 aromatic heterocycles. The lowest BCUT2D eigenvalue weighted by molar-refractivity contribution is 0.211. The summed E-state index contributed by atoms with van der Waals surface area (Å²) in [5.41, 5.74) is 6.86. The second kappa shape index (κ2) is 4.44. The van der Waals surface area contributed by atoms with Gasteiger partial charge in [-0.15, -0.1) is 0 Å². The van der Waals surface area contributed by atoms with Crippen LogP contribution in [0.5, 0.6) is 5.75 Å². The third kappa shape index (κ3) is 1.93. The third-order valence-corrected chi connectivity index (χ3v) is 3.48. The zero-order valence-corrected chi connectivity index (χ0v) is 9.65. The summed E-state index contributed by atoms with van der Waals surface area (Å²) in [7, 11) is 0. The van der Waals surface area contributed by atoms with Crippen molar-refractivity contribution in [3.05, 3.63) is 29.8 Å². The van der Waals surface area contributed by atoms with Gasteiger partial charge in [-0.05, 0) is 37.0 Å². The minimum absolute atomic E-state index is 0.0785. The van der Waals surface area contributed by atoms with Crippen LogP contribution >= 0.6 is 0 Å². The number of benzene rings is 1. The maximum Gasteiger partial charge on any atom is 0.119 e. The molecule has 0 saturated heterocycles. The third-order valence-electron chi connectivity index (χ3n) is 3.48. The molecule has 1 aliphatic carbocycles. The van der Waals surface area contributed by atoms with E-state index < -0.39 is 0 Å². The molecule has 3 N–H and O–H groups in total. The highest BCUT2D eigenvalue weighted by molar-refractivity contribution is 5.36. The maximum atomic E-state index is 9.35. The zero-order chi connectivity index (χ0) is 11.6. The van der Waals surface area contributed by atoms with Gasteiger partial charge in [0.1, 0.15) is 5.75 Å². The highest BCUT2D eigenvalue weighted by Gasteiger charge is 2.53. The van der Waals surface area contributed by atoms with Crippen molar-refractivity contribution in [3.8, 4) is 5.75 Å². The second-order valence-corrected chi connectivity index (χ2v) is 4.49. The molecule has 0 amide bonds. The average molecular weight is 221 g/mol. The van der Waals surface area contributed by atoms with Gasteiger partial charge in [-0.25, -0.2) is 0 Å². The van der Waals surface area contributed by atoms with Gasteiger partial charge in [-0.1, -0.05) is 12.1 Å². The van der Waals surface area contributed by atoms with Gasteiger partial charge in [0.2, 0.25) is 0 Å². The fraction of sp³-hybridized carbons (Fsp3) is 0.538. The molecule has 2 unspecified atom stereocenters. The average Bonchev–Trinajstić information content (AvgIpc) is 3.05. The van der Waals surface area contributed by atoms with E-state index in [2.05, 4.69) is 12.1 Å². The number of hydrogen-bond acceptors (Lipinski definition) is 3. The molecule has 3 nitrogen and oxygen atoms in total. The van der Waals surface area contributed by atoms with Crippen LogP contribution in [-0.2, 0) is 0 Å². The molecular weight excluding hydrogens is 202 g/mol. The largest absolute Gasteiger partial charge is 0.494 e. The van der Waals surface area contributed by atoms with Crippen molar-refractivity contribution in [2.24, 2.45) is 11.1 Å². The Hall–Kier alpha value is -1.06. The normalized spacial score (nSPS) is 27.8. The Morgan fingerprint density at radius 3 is 2.94 bits per heavy atom. The van der Waals surface area contributed by atoms with Gasteiger partial charge in [0.05, 0.1) is 13.2 Å². The topological polar surface area (TPSA) is 55.5 Å². The first-order chi connectivity index (χ1) is 7.75. The smallest absolute Gasteiger partial charge is 0.119 e. The van der Waals surface area contributed by atoms with Gasteiger partial charge in [0.25, 0.3) is 0 Å². The number of aliphatic hydroxyl groups excluding tert-OH is 1. The van der Waals surface area contributed by atoms with Crippen molar-refractivity contribution < 1.29 is 9.84 Å². The lowest BCUT2D eigenvalue weighted by Crippen LogP contribution is -2.21. The minimum Gasteiger partial charge on any atom is -0.494 e. The van der Waals surface area contributed by atoms with Crippen LogP contribution in [0.1, 0.15) is 24.8 Å².